The van der Waals surface area contributed by atoms with Crippen LogP contribution in [0.3, 0.4) is 0 Å². The zero-order chi connectivity index (χ0) is 14.5. The van der Waals surface area contributed by atoms with Crippen molar-refractivity contribution in [3.8, 4) is 0 Å². The highest BCUT2D eigenvalue weighted by atomic mass is 32.2. The normalized spacial score (nSPS) is 12.9. The number of hydrogen-bond acceptors (Lipinski definition) is 5. The maximum atomic E-state index is 11.6. The monoisotopic (exact) mass is 286 g/mol. The molecule has 0 aliphatic rings. The molecular formula is C12H18N2O4S. The number of hydrogen-bond donors (Lipinski definition) is 2. The van der Waals surface area contributed by atoms with Crippen LogP contribution in [0.15, 0.2) is 23.2 Å². The molecule has 0 saturated heterocycles. The lowest BCUT2D eigenvalue weighted by Crippen LogP contribution is -2.19. The van der Waals surface area contributed by atoms with Crippen LogP contribution in [0.2, 0.25) is 0 Å². The Kier molecular flexibility index (Phi) is 5.29. The summed E-state index contributed by atoms with van der Waals surface area (Å²) in [6.07, 6.45) is 3.35. The van der Waals surface area contributed by atoms with Crippen LogP contribution in [0.4, 0.5) is 5.82 Å². The minimum atomic E-state index is -3.35. The molecule has 0 aliphatic carbocycles. The molecule has 6 nitrogen and oxygen atoms in total. The summed E-state index contributed by atoms with van der Waals surface area (Å²) in [7, 11) is -3.35. The van der Waals surface area contributed by atoms with Crippen molar-refractivity contribution in [3.05, 3.63) is 18.3 Å². The third-order valence-corrected chi connectivity index (χ3v) is 3.90. The SMILES string of the molecule is CCC(CNc1ncccc1S(C)(=O)=O)CC(=O)O. The second-order valence-electron chi connectivity index (χ2n) is 4.38. The molecule has 0 saturated carbocycles. The van der Waals surface area contributed by atoms with Gasteiger partial charge in [0.25, 0.3) is 0 Å². The molecule has 1 aromatic heterocycles. The van der Waals surface area contributed by atoms with E-state index in [9.17, 15) is 13.2 Å². The third kappa shape index (κ3) is 4.86. The van der Waals surface area contributed by atoms with E-state index >= 15 is 0 Å². The van der Waals surface area contributed by atoms with Crippen molar-refractivity contribution in [2.24, 2.45) is 5.92 Å². The molecule has 1 aromatic rings. The number of pyridine rings is 1. The molecule has 1 atom stereocenters. The molecule has 1 heterocycles. The number of carboxylic acid groups (broad SMARTS) is 1. The smallest absolute Gasteiger partial charge is 0.303 e. The van der Waals surface area contributed by atoms with Crippen molar-refractivity contribution in [1.82, 2.24) is 4.98 Å². The summed E-state index contributed by atoms with van der Waals surface area (Å²) >= 11 is 0. The molecule has 106 valence electrons. The van der Waals surface area contributed by atoms with Gasteiger partial charge in [-0.15, -0.1) is 0 Å². The van der Waals surface area contributed by atoms with Crippen LogP contribution in [-0.2, 0) is 14.6 Å². The number of nitrogens with one attached hydrogen (secondary N) is 1. The van der Waals surface area contributed by atoms with Crippen molar-refractivity contribution >= 4 is 21.6 Å². The average Bonchev–Trinajstić information content (AvgIpc) is 2.33. The minimum Gasteiger partial charge on any atom is -0.481 e. The molecule has 1 rings (SSSR count). The fourth-order valence-electron chi connectivity index (χ4n) is 1.67. The Morgan fingerprint density at radius 2 is 2.21 bits per heavy atom. The Balaban J connectivity index is 2.80. The number of aliphatic carboxylic acids is 1. The molecule has 0 radical (unpaired) electrons. The van der Waals surface area contributed by atoms with Gasteiger partial charge >= 0.3 is 5.97 Å². The number of nitrogens with zero attached hydrogens (tertiary/aromatic N) is 1. The van der Waals surface area contributed by atoms with Gasteiger partial charge < -0.3 is 10.4 Å². The van der Waals surface area contributed by atoms with Gasteiger partial charge in [-0.05, 0) is 18.1 Å². The van der Waals surface area contributed by atoms with E-state index < -0.39 is 15.8 Å². The van der Waals surface area contributed by atoms with Gasteiger partial charge in [-0.3, -0.25) is 4.79 Å². The van der Waals surface area contributed by atoms with Crippen molar-refractivity contribution in [2.45, 2.75) is 24.7 Å². The lowest BCUT2D eigenvalue weighted by Gasteiger charge is -2.15. The first-order chi connectivity index (χ1) is 8.84. The fraction of sp³-hybridized carbons (Fsp3) is 0.500. The summed E-state index contributed by atoms with van der Waals surface area (Å²) in [6.45, 7) is 2.27. The summed E-state index contributed by atoms with van der Waals surface area (Å²) in [5.41, 5.74) is 0. The largest absolute Gasteiger partial charge is 0.481 e. The zero-order valence-electron chi connectivity index (χ0n) is 11.0. The highest BCUT2D eigenvalue weighted by Gasteiger charge is 2.16. The molecule has 0 amide bonds. The van der Waals surface area contributed by atoms with Crippen molar-refractivity contribution in [1.29, 1.82) is 0 Å². The minimum absolute atomic E-state index is 0.0462. The second kappa shape index (κ2) is 6.51. The first kappa shape index (κ1) is 15.4. The van der Waals surface area contributed by atoms with Crippen LogP contribution < -0.4 is 5.32 Å². The number of rotatable bonds is 7. The number of sulfone groups is 1. The van der Waals surface area contributed by atoms with Crippen LogP contribution in [0.5, 0.6) is 0 Å². The average molecular weight is 286 g/mol. The van der Waals surface area contributed by atoms with E-state index in [0.717, 1.165) is 6.26 Å². The van der Waals surface area contributed by atoms with E-state index in [1.165, 1.54) is 12.3 Å². The molecular weight excluding hydrogens is 268 g/mol. The molecule has 0 spiro atoms. The molecule has 1 unspecified atom stereocenters. The second-order valence-corrected chi connectivity index (χ2v) is 6.36. The van der Waals surface area contributed by atoms with Gasteiger partial charge in [-0.25, -0.2) is 13.4 Å². The molecule has 7 heteroatoms. The summed E-state index contributed by atoms with van der Waals surface area (Å²) in [4.78, 5) is 14.8. The topological polar surface area (TPSA) is 96.4 Å². The Hall–Kier alpha value is -1.63. The molecule has 0 aliphatic heterocycles. The van der Waals surface area contributed by atoms with Gasteiger partial charge in [0.15, 0.2) is 9.84 Å². The van der Waals surface area contributed by atoms with E-state index in [2.05, 4.69) is 10.3 Å². The predicted octanol–water partition coefficient (Wildman–Crippen LogP) is 1.40. The highest BCUT2D eigenvalue weighted by molar-refractivity contribution is 7.90. The summed E-state index contributed by atoms with van der Waals surface area (Å²) in [5.74, 6) is -0.654. The number of carboxylic acids is 1. The fourth-order valence-corrected chi connectivity index (χ4v) is 2.47. The van der Waals surface area contributed by atoms with Gasteiger partial charge in [-0.1, -0.05) is 13.3 Å². The van der Waals surface area contributed by atoms with Gasteiger partial charge in [0.05, 0.1) is 0 Å². The van der Waals surface area contributed by atoms with E-state index in [1.807, 2.05) is 6.92 Å². The van der Waals surface area contributed by atoms with Crippen LogP contribution in [-0.4, -0.2) is 37.3 Å². The van der Waals surface area contributed by atoms with Gasteiger partial charge in [-0.2, -0.15) is 0 Å². The summed E-state index contributed by atoms with van der Waals surface area (Å²) in [6, 6.07) is 3.03. The Bertz CT molecular complexity index is 542. The Morgan fingerprint density at radius 3 is 2.74 bits per heavy atom. The molecule has 19 heavy (non-hydrogen) atoms. The summed E-state index contributed by atoms with van der Waals surface area (Å²) < 4.78 is 23.1. The standard InChI is InChI=1S/C12H18N2O4S/c1-3-9(7-11(15)16)8-14-12-10(19(2,17)18)5-4-6-13-12/h4-6,9H,3,7-8H2,1-2H3,(H,13,14)(H,15,16). The Labute approximate surface area is 112 Å². The predicted molar refractivity (Wildman–Crippen MR) is 71.9 cm³/mol. The molecule has 0 bridgehead atoms. The van der Waals surface area contributed by atoms with Crippen LogP contribution >= 0.6 is 0 Å². The van der Waals surface area contributed by atoms with Crippen molar-refractivity contribution < 1.29 is 18.3 Å². The zero-order valence-corrected chi connectivity index (χ0v) is 11.8. The van der Waals surface area contributed by atoms with E-state index in [-0.39, 0.29) is 23.1 Å². The first-order valence-corrected chi connectivity index (χ1v) is 7.84. The lowest BCUT2D eigenvalue weighted by molar-refractivity contribution is -0.138. The van der Waals surface area contributed by atoms with Crippen LogP contribution in [0.1, 0.15) is 19.8 Å². The van der Waals surface area contributed by atoms with E-state index in [0.29, 0.717) is 13.0 Å². The highest BCUT2D eigenvalue weighted by Crippen LogP contribution is 2.19. The maximum absolute atomic E-state index is 11.6. The van der Waals surface area contributed by atoms with Crippen molar-refractivity contribution in [3.63, 3.8) is 0 Å². The maximum Gasteiger partial charge on any atom is 0.303 e. The van der Waals surface area contributed by atoms with E-state index in [1.54, 1.807) is 6.07 Å². The van der Waals surface area contributed by atoms with E-state index in [4.69, 9.17) is 5.11 Å². The molecule has 0 aromatic carbocycles. The van der Waals surface area contributed by atoms with Crippen LogP contribution in [0.25, 0.3) is 0 Å². The van der Waals surface area contributed by atoms with Gasteiger partial charge in [0.1, 0.15) is 10.7 Å². The number of anilines is 1. The number of carbonyl (C=O) groups is 1. The van der Waals surface area contributed by atoms with Gasteiger partial charge in [0.2, 0.25) is 0 Å². The molecule has 2 N–H and O–H groups in total. The van der Waals surface area contributed by atoms with Crippen molar-refractivity contribution in [2.75, 3.05) is 18.1 Å². The first-order valence-electron chi connectivity index (χ1n) is 5.95. The lowest BCUT2D eigenvalue weighted by atomic mass is 10.0. The number of aromatic nitrogens is 1. The third-order valence-electron chi connectivity index (χ3n) is 2.77. The van der Waals surface area contributed by atoms with Gasteiger partial charge in [0, 0.05) is 25.4 Å². The summed E-state index contributed by atoms with van der Waals surface area (Å²) in [5, 5.41) is 11.7. The Morgan fingerprint density at radius 1 is 1.53 bits per heavy atom. The molecule has 0 fully saturated rings. The quantitative estimate of drug-likeness (QED) is 0.786. The van der Waals surface area contributed by atoms with Crippen LogP contribution in [0, 0.1) is 5.92 Å².